The maximum Gasteiger partial charge on any atom is 0.299 e. The molecule has 96 valence electrons. The Balaban J connectivity index is 2.41. The monoisotopic (exact) mass is 329 g/mol. The zero-order chi connectivity index (χ0) is 13.5. The van der Waals surface area contributed by atoms with E-state index in [9.17, 15) is 9.59 Å². The van der Waals surface area contributed by atoms with E-state index in [1.165, 1.54) is 4.90 Å². The molecule has 2 rings (SSSR count). The average Bonchev–Trinajstić information content (AvgIpc) is 2.54. The van der Waals surface area contributed by atoms with Crippen molar-refractivity contribution >= 4 is 44.9 Å². The Morgan fingerprint density at radius 1 is 1.33 bits per heavy atom. The summed E-state index contributed by atoms with van der Waals surface area (Å²) in [4.78, 5) is 25.4. The van der Waals surface area contributed by atoms with Gasteiger partial charge in [-0.25, -0.2) is 0 Å². The lowest BCUT2D eigenvalue weighted by Gasteiger charge is -2.28. The van der Waals surface area contributed by atoms with Gasteiger partial charge in [-0.3, -0.25) is 9.59 Å². The molecule has 0 aromatic heterocycles. The summed E-state index contributed by atoms with van der Waals surface area (Å²) in [5, 5.41) is 1.22. The number of nitrogens with zero attached hydrogens (tertiary/aromatic N) is 1. The summed E-state index contributed by atoms with van der Waals surface area (Å²) in [6.07, 6.45) is 0. The van der Waals surface area contributed by atoms with Crippen LogP contribution in [-0.4, -0.2) is 23.6 Å². The molecule has 1 aromatic carbocycles. The van der Waals surface area contributed by atoms with Crippen LogP contribution in [0, 0.1) is 5.41 Å². The van der Waals surface area contributed by atoms with Crippen LogP contribution in [-0.2, 0) is 4.79 Å². The third kappa shape index (κ3) is 2.31. The van der Waals surface area contributed by atoms with Crippen LogP contribution in [0.1, 0.15) is 24.2 Å². The SMILES string of the molecule is CC(C)(CBr)CN1C(=O)C(=O)c2cc(Cl)ccc21. The Morgan fingerprint density at radius 3 is 2.61 bits per heavy atom. The first kappa shape index (κ1) is 13.6. The van der Waals surface area contributed by atoms with Crippen LogP contribution >= 0.6 is 27.5 Å². The second kappa shape index (κ2) is 4.67. The van der Waals surface area contributed by atoms with Gasteiger partial charge in [-0.05, 0) is 23.6 Å². The molecule has 3 nitrogen and oxygen atoms in total. The summed E-state index contributed by atoms with van der Waals surface area (Å²) in [5.41, 5.74) is 0.957. The molecule has 18 heavy (non-hydrogen) atoms. The highest BCUT2D eigenvalue weighted by Gasteiger charge is 2.38. The summed E-state index contributed by atoms with van der Waals surface area (Å²) in [5.74, 6) is -0.945. The molecular formula is C13H13BrClNO2. The summed E-state index contributed by atoms with van der Waals surface area (Å²) < 4.78 is 0. The first-order valence-corrected chi connectivity index (χ1v) is 7.07. The number of benzene rings is 1. The fraction of sp³-hybridized carbons (Fsp3) is 0.385. The number of amides is 1. The molecule has 0 spiro atoms. The molecule has 1 aliphatic heterocycles. The molecule has 0 saturated carbocycles. The van der Waals surface area contributed by atoms with Crippen LogP contribution in [0.25, 0.3) is 0 Å². The summed E-state index contributed by atoms with van der Waals surface area (Å²) in [6.45, 7) is 4.57. The van der Waals surface area contributed by atoms with E-state index in [0.29, 0.717) is 22.8 Å². The molecule has 0 radical (unpaired) electrons. The van der Waals surface area contributed by atoms with Crippen molar-refractivity contribution in [1.82, 2.24) is 0 Å². The summed E-state index contributed by atoms with van der Waals surface area (Å²) in [6, 6.07) is 4.98. The molecule has 5 heteroatoms. The van der Waals surface area contributed by atoms with Crippen molar-refractivity contribution in [1.29, 1.82) is 0 Å². The standard InChI is InChI=1S/C13H13BrClNO2/c1-13(2,6-14)7-16-10-4-3-8(15)5-9(10)11(17)12(16)18/h3-5H,6-7H2,1-2H3. The minimum absolute atomic E-state index is 0.100. The van der Waals surface area contributed by atoms with Crippen molar-refractivity contribution in [2.24, 2.45) is 5.41 Å². The Labute approximate surface area is 119 Å². The van der Waals surface area contributed by atoms with Crippen LogP contribution in [0.5, 0.6) is 0 Å². The van der Waals surface area contributed by atoms with E-state index >= 15 is 0 Å². The lowest BCUT2D eigenvalue weighted by atomic mass is 9.96. The number of ketones is 1. The Morgan fingerprint density at radius 2 is 2.00 bits per heavy atom. The summed E-state index contributed by atoms with van der Waals surface area (Å²) in [7, 11) is 0. The van der Waals surface area contributed by atoms with E-state index in [2.05, 4.69) is 15.9 Å². The van der Waals surface area contributed by atoms with Gasteiger partial charge in [0, 0.05) is 16.9 Å². The fourth-order valence-electron chi connectivity index (χ4n) is 1.90. The fourth-order valence-corrected chi connectivity index (χ4v) is 2.25. The molecule has 1 heterocycles. The smallest absolute Gasteiger partial charge is 0.299 e. The van der Waals surface area contributed by atoms with Gasteiger partial charge in [0.2, 0.25) is 0 Å². The topological polar surface area (TPSA) is 37.4 Å². The second-order valence-electron chi connectivity index (χ2n) is 5.18. The maximum atomic E-state index is 12.0. The van der Waals surface area contributed by atoms with Crippen LogP contribution < -0.4 is 4.90 Å². The minimum Gasteiger partial charge on any atom is -0.304 e. The van der Waals surface area contributed by atoms with E-state index in [-0.39, 0.29) is 5.41 Å². The van der Waals surface area contributed by atoms with Crippen molar-refractivity contribution < 1.29 is 9.59 Å². The minimum atomic E-state index is -0.474. The van der Waals surface area contributed by atoms with E-state index in [0.717, 1.165) is 5.33 Å². The molecule has 0 atom stereocenters. The Bertz CT molecular complexity index is 528. The summed E-state index contributed by atoms with van der Waals surface area (Å²) >= 11 is 9.28. The van der Waals surface area contributed by atoms with Gasteiger partial charge in [-0.2, -0.15) is 0 Å². The number of hydrogen-bond donors (Lipinski definition) is 0. The number of hydrogen-bond acceptors (Lipinski definition) is 2. The molecule has 1 aliphatic rings. The second-order valence-corrected chi connectivity index (χ2v) is 6.18. The quantitative estimate of drug-likeness (QED) is 0.630. The molecule has 0 saturated heterocycles. The molecule has 0 unspecified atom stereocenters. The van der Waals surface area contributed by atoms with Crippen molar-refractivity contribution in [3.63, 3.8) is 0 Å². The van der Waals surface area contributed by atoms with Crippen LogP contribution in [0.3, 0.4) is 0 Å². The van der Waals surface area contributed by atoms with Gasteiger partial charge in [0.05, 0.1) is 11.3 Å². The lowest BCUT2D eigenvalue weighted by molar-refractivity contribution is -0.114. The predicted octanol–water partition coefficient (Wildman–Crippen LogP) is 3.29. The van der Waals surface area contributed by atoms with Crippen LogP contribution in [0.2, 0.25) is 5.02 Å². The van der Waals surface area contributed by atoms with E-state index in [1.807, 2.05) is 13.8 Å². The normalized spacial score (nSPS) is 15.2. The molecule has 0 fully saturated rings. The number of Topliss-reactive ketones (excluding diaryl/α,β-unsaturated/α-hetero) is 1. The molecule has 1 amide bonds. The average molecular weight is 331 g/mol. The maximum absolute atomic E-state index is 12.0. The number of fused-ring (bicyclic) bond motifs is 1. The van der Waals surface area contributed by atoms with Crippen molar-refractivity contribution in [2.75, 3.05) is 16.8 Å². The third-order valence-electron chi connectivity index (χ3n) is 2.88. The zero-order valence-electron chi connectivity index (χ0n) is 10.2. The number of rotatable bonds is 3. The van der Waals surface area contributed by atoms with E-state index in [1.54, 1.807) is 18.2 Å². The highest BCUT2D eigenvalue weighted by molar-refractivity contribution is 9.09. The molecule has 1 aromatic rings. The third-order valence-corrected chi connectivity index (χ3v) is 4.63. The van der Waals surface area contributed by atoms with Gasteiger partial charge in [0.1, 0.15) is 0 Å². The van der Waals surface area contributed by atoms with Gasteiger partial charge >= 0.3 is 0 Å². The molecule has 0 bridgehead atoms. The molecular weight excluding hydrogens is 318 g/mol. The van der Waals surface area contributed by atoms with E-state index in [4.69, 9.17) is 11.6 Å². The number of carbonyl (C=O) groups excluding carboxylic acids is 2. The van der Waals surface area contributed by atoms with Gasteiger partial charge in [-0.1, -0.05) is 41.4 Å². The lowest BCUT2D eigenvalue weighted by Crippen LogP contribution is -2.38. The van der Waals surface area contributed by atoms with Gasteiger partial charge in [-0.15, -0.1) is 0 Å². The van der Waals surface area contributed by atoms with Gasteiger partial charge in [0.25, 0.3) is 11.7 Å². The highest BCUT2D eigenvalue weighted by atomic mass is 79.9. The first-order valence-electron chi connectivity index (χ1n) is 5.57. The number of halogens is 2. The van der Waals surface area contributed by atoms with E-state index < -0.39 is 11.7 Å². The number of alkyl halides is 1. The first-order chi connectivity index (χ1) is 8.35. The predicted molar refractivity (Wildman–Crippen MR) is 75.7 cm³/mol. The largest absolute Gasteiger partial charge is 0.304 e. The Hall–Kier alpha value is -0.870. The van der Waals surface area contributed by atoms with Crippen LogP contribution in [0.15, 0.2) is 18.2 Å². The number of anilines is 1. The van der Waals surface area contributed by atoms with Crippen molar-refractivity contribution in [3.8, 4) is 0 Å². The number of carbonyl (C=O) groups is 2. The highest BCUT2D eigenvalue weighted by Crippen LogP contribution is 2.34. The zero-order valence-corrected chi connectivity index (χ0v) is 12.5. The van der Waals surface area contributed by atoms with Gasteiger partial charge < -0.3 is 4.90 Å². The Kier molecular flexibility index (Phi) is 3.52. The van der Waals surface area contributed by atoms with Crippen LogP contribution in [0.4, 0.5) is 5.69 Å². The molecule has 0 N–H and O–H groups in total. The van der Waals surface area contributed by atoms with Crippen molar-refractivity contribution in [2.45, 2.75) is 13.8 Å². The molecule has 0 aliphatic carbocycles. The van der Waals surface area contributed by atoms with Crippen molar-refractivity contribution in [3.05, 3.63) is 28.8 Å². The van der Waals surface area contributed by atoms with Gasteiger partial charge in [0.15, 0.2) is 0 Å².